The molecule has 0 spiro atoms. The van der Waals surface area contributed by atoms with Crippen LogP contribution in [0.4, 0.5) is 33.6 Å². The highest BCUT2D eigenvalue weighted by atomic mass is 32.2. The van der Waals surface area contributed by atoms with Crippen molar-refractivity contribution in [1.29, 1.82) is 0 Å². The predicted molar refractivity (Wildman–Crippen MR) is 255 cm³/mol. The van der Waals surface area contributed by atoms with E-state index in [1.54, 1.807) is 25.1 Å². The van der Waals surface area contributed by atoms with Crippen LogP contribution >= 0.6 is 11.3 Å². The van der Waals surface area contributed by atoms with Gasteiger partial charge >= 0.3 is 0 Å². The second-order valence-corrected chi connectivity index (χ2v) is 21.9. The number of fused-ring (bicyclic) bond motifs is 3. The van der Waals surface area contributed by atoms with Crippen molar-refractivity contribution in [2.45, 2.75) is 34.6 Å². The van der Waals surface area contributed by atoms with Crippen LogP contribution < -0.4 is 10.3 Å². The van der Waals surface area contributed by atoms with Gasteiger partial charge < -0.3 is 14.9 Å². The van der Waals surface area contributed by atoms with E-state index in [4.69, 9.17) is 4.74 Å². The summed E-state index contributed by atoms with van der Waals surface area (Å²) in [6.07, 6.45) is 0.939. The van der Waals surface area contributed by atoms with Crippen molar-refractivity contribution in [3.05, 3.63) is 113 Å². The van der Waals surface area contributed by atoms with Gasteiger partial charge in [0, 0.05) is 22.2 Å². The van der Waals surface area contributed by atoms with Gasteiger partial charge in [-0.05, 0) is 90.5 Å². The molecular formula is C41H33N9O16S5. The lowest BCUT2D eigenvalue weighted by Gasteiger charge is -2.11. The summed E-state index contributed by atoms with van der Waals surface area (Å²) in [6, 6.07) is 17.9. The molecule has 0 saturated heterocycles. The van der Waals surface area contributed by atoms with E-state index < -0.39 is 83.6 Å². The first-order valence-electron chi connectivity index (χ1n) is 20.0. The van der Waals surface area contributed by atoms with Crippen LogP contribution in [0, 0.1) is 6.92 Å². The number of ether oxygens (including phenoxy) is 1. The lowest BCUT2D eigenvalue weighted by molar-refractivity contribution is 0.282. The molecule has 0 bridgehead atoms. The quantitative estimate of drug-likeness (QED) is 0.0272. The van der Waals surface area contributed by atoms with Gasteiger partial charge in [-0.1, -0.05) is 29.5 Å². The maximum atomic E-state index is 13.4. The Balaban J connectivity index is 1.10. The number of phenolic OH excluding ortho intramolecular Hbond substituents is 1. The molecule has 8 rings (SSSR count). The van der Waals surface area contributed by atoms with Gasteiger partial charge in [0.15, 0.2) is 11.4 Å². The summed E-state index contributed by atoms with van der Waals surface area (Å²) < 4.78 is 142. The molecule has 7 N–H and O–H groups in total. The number of H-pyrrole nitrogens is 1. The fourth-order valence-electron chi connectivity index (χ4n) is 6.99. The molecule has 0 unspecified atom stereocenters. The average molecular weight is 1070 g/mol. The number of phenols is 1. The number of hydrogen-bond acceptors (Lipinski definition) is 20. The Hall–Kier alpha value is -7.26. The fourth-order valence-corrected chi connectivity index (χ4v) is 10.5. The molecule has 25 nitrogen and oxygen atoms in total. The van der Waals surface area contributed by atoms with Gasteiger partial charge in [-0.3, -0.25) is 28.1 Å². The minimum absolute atomic E-state index is 0.0143. The first-order valence-corrected chi connectivity index (χ1v) is 26.7. The van der Waals surface area contributed by atoms with Gasteiger partial charge in [-0.15, -0.1) is 30.7 Å². The number of aromatic hydroxyl groups is 1. The van der Waals surface area contributed by atoms with Crippen molar-refractivity contribution in [1.82, 2.24) is 14.8 Å². The maximum Gasteiger partial charge on any atom is 0.298 e. The smallest absolute Gasteiger partial charge is 0.298 e. The third-order valence-corrected chi connectivity index (χ3v) is 14.7. The van der Waals surface area contributed by atoms with Crippen LogP contribution in [0.2, 0.25) is 0 Å². The van der Waals surface area contributed by atoms with Crippen LogP contribution in [0.3, 0.4) is 0 Å². The number of aliphatic hydroxyl groups is 1. The summed E-state index contributed by atoms with van der Waals surface area (Å²) in [6.45, 7) is 1.32. The number of hydrogen-bond donors (Lipinski definition) is 7. The van der Waals surface area contributed by atoms with Gasteiger partial charge in [0.25, 0.3) is 46.0 Å². The Kier molecular flexibility index (Phi) is 13.5. The highest BCUT2D eigenvalue weighted by Crippen LogP contribution is 2.43. The molecule has 30 heteroatoms. The number of aromatic amines is 1. The van der Waals surface area contributed by atoms with Crippen molar-refractivity contribution in [2.24, 2.45) is 30.7 Å². The van der Waals surface area contributed by atoms with Gasteiger partial charge in [0.1, 0.15) is 32.6 Å². The maximum absolute atomic E-state index is 13.4. The summed E-state index contributed by atoms with van der Waals surface area (Å²) in [4.78, 5) is 15.3. The topological polar surface area (TPSA) is 392 Å². The molecule has 0 saturated carbocycles. The average Bonchev–Trinajstić information content (AvgIpc) is 3.89. The lowest BCUT2D eigenvalue weighted by Crippen LogP contribution is -2.14. The lowest BCUT2D eigenvalue weighted by atomic mass is 10.1. The van der Waals surface area contributed by atoms with Crippen molar-refractivity contribution < 1.29 is 66.8 Å². The molecule has 2 aromatic heterocycles. The standard InChI is InChI=1S/C41H33N9O16S5/c1-21-13-33(35(66-11-2-12-68(54,55)56)18-32(21)46-49-41-43-29-8-3-22(20-51)14-36(29)67-41)47-44-30-9-7-28-27(38(30)52)6-10-31(39(28)71(63,64)65)45-48-34-19-42-50(40(34)53)24-4-5-26-23(15-24)16-25(69(57,58)59)17-37(26)70(60,61)62/h3-10,13-19,42,51-52H,2,11-12,20H2,1H3,(H,54,55,56)(H,57,58,59)(H,60,61,62)(H,63,64,65). The molecule has 6 aromatic carbocycles. The first kappa shape index (κ1) is 50.1. The Morgan fingerprint density at radius 1 is 0.690 bits per heavy atom. The van der Waals surface area contributed by atoms with Crippen molar-refractivity contribution >= 4 is 117 Å². The number of nitrogens with zero attached hydrogens (tertiary/aromatic N) is 8. The first-order chi connectivity index (χ1) is 33.4. The van der Waals surface area contributed by atoms with Crippen molar-refractivity contribution in [2.75, 3.05) is 12.4 Å². The number of rotatable bonds is 16. The third-order valence-electron chi connectivity index (χ3n) is 10.3. The van der Waals surface area contributed by atoms with E-state index in [-0.39, 0.29) is 64.0 Å². The molecule has 0 fully saturated rings. The van der Waals surface area contributed by atoms with Crippen LogP contribution in [0.15, 0.2) is 141 Å². The van der Waals surface area contributed by atoms with Crippen LogP contribution in [-0.4, -0.2) is 89.2 Å². The summed E-state index contributed by atoms with van der Waals surface area (Å²) in [5.41, 5.74) is 0.202. The van der Waals surface area contributed by atoms with E-state index in [9.17, 15) is 66.9 Å². The molecule has 0 amide bonds. The number of aryl methyl sites for hydroxylation is 1. The molecule has 0 atom stereocenters. The highest BCUT2D eigenvalue weighted by Gasteiger charge is 2.24. The van der Waals surface area contributed by atoms with E-state index in [1.807, 2.05) is 0 Å². The van der Waals surface area contributed by atoms with Gasteiger partial charge in [0.2, 0.25) is 5.13 Å². The molecule has 0 radical (unpaired) electrons. The van der Waals surface area contributed by atoms with Crippen LogP contribution in [0.25, 0.3) is 37.4 Å². The Bertz CT molecular complexity index is 4120. The molecule has 8 aromatic rings. The van der Waals surface area contributed by atoms with Crippen molar-refractivity contribution in [3.63, 3.8) is 0 Å². The molecule has 71 heavy (non-hydrogen) atoms. The number of benzene rings is 6. The predicted octanol–water partition coefficient (Wildman–Crippen LogP) is 8.23. The molecule has 2 heterocycles. The van der Waals surface area contributed by atoms with E-state index in [1.165, 1.54) is 47.7 Å². The number of nitrogens with one attached hydrogen (secondary N) is 1. The van der Waals surface area contributed by atoms with E-state index in [0.29, 0.717) is 33.5 Å². The van der Waals surface area contributed by atoms with E-state index in [2.05, 4.69) is 40.8 Å². The Morgan fingerprint density at radius 2 is 1.37 bits per heavy atom. The van der Waals surface area contributed by atoms with Crippen molar-refractivity contribution in [3.8, 4) is 17.2 Å². The molecule has 0 aliphatic carbocycles. The van der Waals surface area contributed by atoms with Gasteiger partial charge in [-0.2, -0.15) is 33.7 Å². The van der Waals surface area contributed by atoms with Gasteiger partial charge in [0.05, 0.1) is 51.7 Å². The number of aliphatic hydroxyl groups excluding tert-OH is 1. The SMILES string of the molecule is Cc1cc(N=Nc2ccc3c(S(=O)(=O)O)c(N=Nc4c[nH]n(-c5ccc6c(S(=O)(=O)O)cc(S(=O)(=O)O)cc6c5)c4=O)ccc3c2O)c(OCCCS(=O)(=O)O)cc1N=Nc1nc2ccc(CO)cc2s1. The van der Waals surface area contributed by atoms with E-state index in [0.717, 1.165) is 39.8 Å². The zero-order valence-electron chi connectivity index (χ0n) is 35.9. The summed E-state index contributed by atoms with van der Waals surface area (Å²) in [5, 5.41) is 47.7. The Morgan fingerprint density at radius 3 is 2.07 bits per heavy atom. The van der Waals surface area contributed by atoms with Gasteiger partial charge in [-0.25, -0.2) is 9.67 Å². The minimum Gasteiger partial charge on any atom is -0.505 e. The fraction of sp³-hybridized carbons (Fsp3) is 0.122. The molecule has 0 aliphatic heterocycles. The Labute approximate surface area is 404 Å². The largest absolute Gasteiger partial charge is 0.505 e. The number of thiazole rings is 1. The zero-order chi connectivity index (χ0) is 51.2. The summed E-state index contributed by atoms with van der Waals surface area (Å²) >= 11 is 1.24. The van der Waals surface area contributed by atoms with Crippen LogP contribution in [0.1, 0.15) is 17.5 Å². The highest BCUT2D eigenvalue weighted by molar-refractivity contribution is 7.87. The molecule has 368 valence electrons. The summed E-state index contributed by atoms with van der Waals surface area (Å²) in [7, 11) is -19.4. The number of aromatic nitrogens is 3. The molecule has 0 aliphatic rings. The third kappa shape index (κ3) is 11.0. The van der Waals surface area contributed by atoms with Crippen LogP contribution in [-0.2, 0) is 47.1 Å². The van der Waals surface area contributed by atoms with Crippen LogP contribution in [0.5, 0.6) is 11.5 Å². The number of azo groups is 3. The molecular weight excluding hydrogens is 1030 g/mol. The van der Waals surface area contributed by atoms with E-state index >= 15 is 0 Å². The minimum atomic E-state index is -5.14. The second kappa shape index (κ2) is 19.2. The monoisotopic (exact) mass is 1070 g/mol. The summed E-state index contributed by atoms with van der Waals surface area (Å²) in [5.74, 6) is -1.16. The second-order valence-electron chi connectivity index (χ2n) is 15.1. The zero-order valence-corrected chi connectivity index (χ0v) is 40.0. The normalized spacial score (nSPS) is 13.0.